The maximum absolute atomic E-state index is 13.1. The average Bonchev–Trinajstić information content (AvgIpc) is 3.12. The van der Waals surface area contributed by atoms with Gasteiger partial charge in [0.2, 0.25) is 15.9 Å². The Morgan fingerprint density at radius 1 is 1.09 bits per heavy atom. The molecule has 1 fully saturated rings. The molecule has 0 unspecified atom stereocenters. The summed E-state index contributed by atoms with van der Waals surface area (Å²) in [5.41, 5.74) is 2.67. The molecule has 2 aliphatic rings. The van der Waals surface area contributed by atoms with Gasteiger partial charge in [-0.1, -0.05) is 18.2 Å². The first kappa shape index (κ1) is 22.7. The number of nitrogens with zero attached hydrogens (tertiary/aromatic N) is 2. The van der Waals surface area contributed by atoms with Crippen molar-refractivity contribution >= 4 is 21.6 Å². The van der Waals surface area contributed by atoms with E-state index >= 15 is 0 Å². The first-order chi connectivity index (χ1) is 15.4. The summed E-state index contributed by atoms with van der Waals surface area (Å²) < 4.78 is 39.9. The quantitative estimate of drug-likeness (QED) is 0.646. The molecule has 0 radical (unpaired) electrons. The molecule has 1 saturated heterocycles. The number of fused-ring (bicyclic) bond motifs is 1. The minimum atomic E-state index is -3.66. The molecule has 2 aromatic rings. The number of halogens is 1. The van der Waals surface area contributed by atoms with E-state index in [0.29, 0.717) is 38.5 Å². The summed E-state index contributed by atoms with van der Waals surface area (Å²) in [5.74, 6) is -0.650. The number of nitrogens with one attached hydrogen (secondary N) is 1. The number of carbonyl (C=O) groups excluding carboxylic acids is 1. The lowest BCUT2D eigenvalue weighted by molar-refractivity contribution is -0.126. The third-order valence-electron chi connectivity index (χ3n) is 6.50. The Morgan fingerprint density at radius 2 is 1.78 bits per heavy atom. The van der Waals surface area contributed by atoms with Gasteiger partial charge in [0.15, 0.2) is 0 Å². The second-order valence-electron chi connectivity index (χ2n) is 8.65. The van der Waals surface area contributed by atoms with Crippen LogP contribution in [0, 0.1) is 11.7 Å². The Kier molecular flexibility index (Phi) is 6.81. The molecule has 1 atom stereocenters. The van der Waals surface area contributed by atoms with Gasteiger partial charge in [-0.05, 0) is 68.5 Å². The third kappa shape index (κ3) is 4.81. The molecule has 32 heavy (non-hydrogen) atoms. The first-order valence-electron chi connectivity index (χ1n) is 11.2. The highest BCUT2D eigenvalue weighted by molar-refractivity contribution is 7.89. The molecule has 0 bridgehead atoms. The molecule has 2 aromatic carbocycles. The number of hydrogen-bond donors (Lipinski definition) is 1. The Hall–Kier alpha value is -2.45. The Labute approximate surface area is 189 Å². The van der Waals surface area contributed by atoms with E-state index in [1.54, 1.807) is 0 Å². The number of piperidine rings is 1. The van der Waals surface area contributed by atoms with Crippen molar-refractivity contribution in [1.82, 2.24) is 9.62 Å². The monoisotopic (exact) mass is 459 g/mol. The largest absolute Gasteiger partial charge is 0.368 e. The fourth-order valence-corrected chi connectivity index (χ4v) is 6.16. The maximum atomic E-state index is 13.1. The SMILES string of the molecule is C[C@H]1Cc2ccccc2N1CCCNC(=O)C1CCN(S(=O)(=O)c2ccc(F)cc2)CC1. The third-order valence-corrected chi connectivity index (χ3v) is 8.41. The number of carbonyl (C=O) groups is 1. The van der Waals surface area contributed by atoms with Crippen LogP contribution in [0.4, 0.5) is 10.1 Å². The lowest BCUT2D eigenvalue weighted by Gasteiger charge is -2.30. The molecule has 2 heterocycles. The molecule has 0 aromatic heterocycles. The van der Waals surface area contributed by atoms with E-state index in [4.69, 9.17) is 0 Å². The van der Waals surface area contributed by atoms with Gasteiger partial charge in [0.25, 0.3) is 0 Å². The molecule has 2 aliphatic heterocycles. The number of para-hydroxylation sites is 1. The van der Waals surface area contributed by atoms with Gasteiger partial charge in [0, 0.05) is 43.8 Å². The van der Waals surface area contributed by atoms with Gasteiger partial charge in [0.1, 0.15) is 5.82 Å². The summed E-state index contributed by atoms with van der Waals surface area (Å²) >= 11 is 0. The van der Waals surface area contributed by atoms with Crippen molar-refractivity contribution in [3.8, 4) is 0 Å². The van der Waals surface area contributed by atoms with Crippen molar-refractivity contribution in [3.05, 3.63) is 59.9 Å². The highest BCUT2D eigenvalue weighted by atomic mass is 32.2. The second kappa shape index (κ2) is 9.58. The zero-order valence-corrected chi connectivity index (χ0v) is 19.2. The Balaban J connectivity index is 1.22. The van der Waals surface area contributed by atoms with E-state index in [1.165, 1.54) is 27.7 Å². The van der Waals surface area contributed by atoms with Crippen LogP contribution in [-0.4, -0.2) is 50.9 Å². The number of amides is 1. The molecule has 0 aliphatic carbocycles. The van der Waals surface area contributed by atoms with Gasteiger partial charge >= 0.3 is 0 Å². The van der Waals surface area contributed by atoms with Gasteiger partial charge in [-0.15, -0.1) is 0 Å². The van der Waals surface area contributed by atoms with Crippen LogP contribution in [0.5, 0.6) is 0 Å². The topological polar surface area (TPSA) is 69.7 Å². The number of anilines is 1. The Morgan fingerprint density at radius 3 is 2.50 bits per heavy atom. The van der Waals surface area contributed by atoms with Crippen molar-refractivity contribution < 1.29 is 17.6 Å². The second-order valence-corrected chi connectivity index (χ2v) is 10.6. The predicted octanol–water partition coefficient (Wildman–Crippen LogP) is 3.18. The molecule has 1 amide bonds. The van der Waals surface area contributed by atoms with Crippen LogP contribution in [0.3, 0.4) is 0 Å². The number of benzene rings is 2. The minimum absolute atomic E-state index is 0.00120. The summed E-state index contributed by atoms with van der Waals surface area (Å²) in [6.45, 7) is 4.32. The van der Waals surface area contributed by atoms with Crippen molar-refractivity contribution in [2.75, 3.05) is 31.1 Å². The normalized spacial score (nSPS) is 19.7. The molecular formula is C24H30FN3O3S. The van der Waals surface area contributed by atoms with Crippen LogP contribution in [0.2, 0.25) is 0 Å². The lowest BCUT2D eigenvalue weighted by atomic mass is 9.97. The Bertz CT molecular complexity index is 1050. The molecule has 4 rings (SSSR count). The maximum Gasteiger partial charge on any atom is 0.243 e. The zero-order chi connectivity index (χ0) is 22.7. The lowest BCUT2D eigenvalue weighted by Crippen LogP contribution is -2.43. The van der Waals surface area contributed by atoms with Crippen molar-refractivity contribution in [2.24, 2.45) is 5.92 Å². The highest BCUT2D eigenvalue weighted by Crippen LogP contribution is 2.31. The average molecular weight is 460 g/mol. The molecule has 0 saturated carbocycles. The summed E-state index contributed by atoms with van der Waals surface area (Å²) in [6, 6.07) is 13.8. The van der Waals surface area contributed by atoms with E-state index in [9.17, 15) is 17.6 Å². The summed E-state index contributed by atoms with van der Waals surface area (Å²) in [7, 11) is -3.66. The molecule has 6 nitrogen and oxygen atoms in total. The fourth-order valence-electron chi connectivity index (χ4n) is 4.69. The van der Waals surface area contributed by atoms with E-state index in [-0.39, 0.29) is 16.7 Å². The number of sulfonamides is 1. The minimum Gasteiger partial charge on any atom is -0.368 e. The van der Waals surface area contributed by atoms with E-state index in [2.05, 4.69) is 41.4 Å². The predicted molar refractivity (Wildman–Crippen MR) is 122 cm³/mol. The smallest absolute Gasteiger partial charge is 0.243 e. The van der Waals surface area contributed by atoms with Crippen molar-refractivity contribution in [1.29, 1.82) is 0 Å². The van der Waals surface area contributed by atoms with E-state index in [1.807, 2.05) is 0 Å². The van der Waals surface area contributed by atoms with Gasteiger partial charge in [-0.2, -0.15) is 4.31 Å². The molecular weight excluding hydrogens is 429 g/mol. The molecule has 1 N–H and O–H groups in total. The summed E-state index contributed by atoms with van der Waals surface area (Å²) in [4.78, 5) is 15.1. The first-order valence-corrected chi connectivity index (χ1v) is 12.7. The number of rotatable bonds is 7. The van der Waals surface area contributed by atoms with E-state index < -0.39 is 15.8 Å². The highest BCUT2D eigenvalue weighted by Gasteiger charge is 2.32. The van der Waals surface area contributed by atoms with Crippen molar-refractivity contribution in [2.45, 2.75) is 43.5 Å². The van der Waals surface area contributed by atoms with Gasteiger partial charge in [-0.25, -0.2) is 12.8 Å². The summed E-state index contributed by atoms with van der Waals surface area (Å²) in [5, 5.41) is 3.03. The van der Waals surface area contributed by atoms with Gasteiger partial charge in [-0.3, -0.25) is 4.79 Å². The zero-order valence-electron chi connectivity index (χ0n) is 18.3. The fraction of sp³-hybridized carbons (Fsp3) is 0.458. The standard InChI is InChI=1S/C24H30FN3O3S/c1-18-17-20-5-2-3-6-23(20)28(18)14-4-13-26-24(29)19-11-15-27(16-12-19)32(30,31)22-9-7-21(25)8-10-22/h2-3,5-10,18-19H,4,11-17H2,1H3,(H,26,29)/t18-/m0/s1. The van der Waals surface area contributed by atoms with Crippen LogP contribution >= 0.6 is 0 Å². The van der Waals surface area contributed by atoms with Gasteiger partial charge < -0.3 is 10.2 Å². The van der Waals surface area contributed by atoms with Crippen LogP contribution in [0.25, 0.3) is 0 Å². The van der Waals surface area contributed by atoms with Crippen molar-refractivity contribution in [3.63, 3.8) is 0 Å². The van der Waals surface area contributed by atoms with E-state index in [0.717, 1.165) is 31.5 Å². The molecule has 0 spiro atoms. The van der Waals surface area contributed by atoms with Crippen LogP contribution in [-0.2, 0) is 21.2 Å². The van der Waals surface area contributed by atoms with Crippen LogP contribution < -0.4 is 10.2 Å². The summed E-state index contributed by atoms with van der Waals surface area (Å²) in [6.07, 6.45) is 2.90. The van der Waals surface area contributed by atoms with Gasteiger partial charge in [0.05, 0.1) is 4.90 Å². The number of hydrogen-bond acceptors (Lipinski definition) is 4. The molecule has 8 heteroatoms. The van der Waals surface area contributed by atoms with Crippen LogP contribution in [0.15, 0.2) is 53.4 Å². The molecule has 172 valence electrons. The van der Waals surface area contributed by atoms with Crippen LogP contribution in [0.1, 0.15) is 31.7 Å².